The largest absolute Gasteiger partial charge is 0.483 e. The molecule has 1 aromatic carbocycles. The van der Waals surface area contributed by atoms with Crippen LogP contribution in [0.1, 0.15) is 51.9 Å². The molecule has 0 fully saturated rings. The molecule has 0 N–H and O–H groups in total. The van der Waals surface area contributed by atoms with Crippen molar-refractivity contribution in [2.45, 2.75) is 58.7 Å². The molecule has 2 heterocycles. The van der Waals surface area contributed by atoms with Crippen molar-refractivity contribution in [3.8, 4) is 11.5 Å². The highest BCUT2D eigenvalue weighted by Crippen LogP contribution is 2.41. The zero-order valence-electron chi connectivity index (χ0n) is 13.8. The highest BCUT2D eigenvalue weighted by atomic mass is 16.5. The highest BCUT2D eigenvalue weighted by Gasteiger charge is 2.32. The zero-order chi connectivity index (χ0) is 16.0. The maximum Gasteiger partial charge on any atom is 0.264 e. The van der Waals surface area contributed by atoms with Gasteiger partial charge < -0.3 is 14.0 Å². The normalized spacial score (nSPS) is 16.2. The van der Waals surface area contributed by atoms with Crippen LogP contribution in [-0.4, -0.2) is 15.7 Å². The lowest BCUT2D eigenvalue weighted by molar-refractivity contribution is 0.130. The van der Waals surface area contributed by atoms with E-state index < -0.39 is 0 Å². The van der Waals surface area contributed by atoms with Crippen LogP contribution in [0.25, 0.3) is 0 Å². The summed E-state index contributed by atoms with van der Waals surface area (Å²) in [5, 5.41) is 4.00. The number of aromatic nitrogens is 2. The first kappa shape index (κ1) is 14.9. The van der Waals surface area contributed by atoms with Gasteiger partial charge in [0.15, 0.2) is 23.9 Å². The molecule has 0 aliphatic carbocycles. The average Bonchev–Trinajstić information content (AvgIpc) is 2.98. The van der Waals surface area contributed by atoms with Crippen molar-refractivity contribution < 1.29 is 14.0 Å². The maximum atomic E-state index is 5.98. The Morgan fingerprint density at radius 1 is 1.27 bits per heavy atom. The zero-order valence-corrected chi connectivity index (χ0v) is 13.8. The van der Waals surface area contributed by atoms with Crippen LogP contribution < -0.4 is 9.47 Å². The third-order valence-electron chi connectivity index (χ3n) is 3.55. The summed E-state index contributed by atoms with van der Waals surface area (Å²) in [4.78, 5) is 4.38. The number of fused-ring (bicyclic) bond motifs is 1. The van der Waals surface area contributed by atoms with Gasteiger partial charge in [-0.3, -0.25) is 0 Å². The van der Waals surface area contributed by atoms with E-state index in [2.05, 4.69) is 30.1 Å². The fourth-order valence-corrected chi connectivity index (χ4v) is 2.46. The van der Waals surface area contributed by atoms with E-state index in [0.717, 1.165) is 17.9 Å². The Labute approximate surface area is 130 Å². The van der Waals surface area contributed by atoms with Crippen LogP contribution in [0.2, 0.25) is 0 Å². The fraction of sp³-hybridized carbons (Fsp3) is 0.529. The van der Waals surface area contributed by atoms with Crippen LogP contribution in [0.4, 0.5) is 0 Å². The summed E-state index contributed by atoms with van der Waals surface area (Å²) < 4.78 is 17.1. The lowest BCUT2D eigenvalue weighted by atomic mass is 9.96. The van der Waals surface area contributed by atoms with Crippen LogP contribution in [0.5, 0.6) is 11.5 Å². The molecule has 0 radical (unpaired) electrons. The quantitative estimate of drug-likeness (QED) is 0.866. The molecular formula is C17H22N2O3. The van der Waals surface area contributed by atoms with E-state index in [1.165, 1.54) is 5.56 Å². The van der Waals surface area contributed by atoms with Crippen LogP contribution >= 0.6 is 0 Å². The molecule has 0 spiro atoms. The number of para-hydroxylation sites is 1. The van der Waals surface area contributed by atoms with Gasteiger partial charge in [0.2, 0.25) is 0 Å². The molecule has 1 aliphatic rings. The Morgan fingerprint density at radius 2 is 2.05 bits per heavy atom. The van der Waals surface area contributed by atoms with E-state index in [1.54, 1.807) is 0 Å². The highest BCUT2D eigenvalue weighted by molar-refractivity contribution is 5.50. The van der Waals surface area contributed by atoms with Gasteiger partial charge in [-0.05, 0) is 19.9 Å². The summed E-state index contributed by atoms with van der Waals surface area (Å²) in [6.07, 6.45) is 0.883. The molecule has 1 aliphatic heterocycles. The van der Waals surface area contributed by atoms with Crippen molar-refractivity contribution in [1.82, 2.24) is 10.1 Å². The van der Waals surface area contributed by atoms with Crippen molar-refractivity contribution >= 4 is 0 Å². The van der Waals surface area contributed by atoms with E-state index in [1.807, 2.05) is 32.9 Å². The minimum atomic E-state index is -0.189. The number of ether oxygens (including phenoxy) is 2. The molecule has 5 heteroatoms. The lowest BCUT2D eigenvalue weighted by Gasteiger charge is -2.18. The smallest absolute Gasteiger partial charge is 0.264 e. The first-order valence-electron chi connectivity index (χ1n) is 7.51. The van der Waals surface area contributed by atoms with Gasteiger partial charge in [-0.25, -0.2) is 0 Å². The molecule has 3 rings (SSSR count). The molecule has 0 saturated carbocycles. The predicted octanol–water partition coefficient (Wildman–Crippen LogP) is 3.66. The van der Waals surface area contributed by atoms with Gasteiger partial charge >= 0.3 is 0 Å². The third kappa shape index (κ3) is 2.93. The van der Waals surface area contributed by atoms with Crippen molar-refractivity contribution in [3.05, 3.63) is 35.5 Å². The molecular weight excluding hydrogens is 280 g/mol. The first-order valence-corrected chi connectivity index (χ1v) is 7.51. The molecule has 5 nitrogen and oxygen atoms in total. The Balaban J connectivity index is 1.74. The second-order valence-electron chi connectivity index (χ2n) is 7.33. The van der Waals surface area contributed by atoms with Gasteiger partial charge in [0, 0.05) is 17.4 Å². The molecule has 1 aromatic heterocycles. The monoisotopic (exact) mass is 302 g/mol. The summed E-state index contributed by atoms with van der Waals surface area (Å²) in [6.45, 7) is 10.5. The lowest BCUT2D eigenvalue weighted by Crippen LogP contribution is -2.24. The minimum absolute atomic E-state index is 0.136. The second-order valence-corrected chi connectivity index (χ2v) is 7.33. The molecule has 22 heavy (non-hydrogen) atoms. The molecule has 0 bridgehead atoms. The van der Waals surface area contributed by atoms with Gasteiger partial charge in [-0.1, -0.05) is 38.1 Å². The molecule has 0 atom stereocenters. The summed E-state index contributed by atoms with van der Waals surface area (Å²) in [5.41, 5.74) is 0.845. The first-order chi connectivity index (χ1) is 10.2. The Bertz CT molecular complexity index is 683. The number of nitrogens with zero attached hydrogens (tertiary/aromatic N) is 2. The standard InChI is InChI=1S/C17H22N2O3/c1-16(2,3)15-18-13(22-19-15)10-20-12-8-6-7-11-9-17(4,5)21-14(11)12/h6-8H,9-10H2,1-5H3. The summed E-state index contributed by atoms with van der Waals surface area (Å²) in [5.74, 6) is 2.70. The average molecular weight is 302 g/mol. The van der Waals surface area contributed by atoms with Gasteiger partial charge in [-0.2, -0.15) is 4.98 Å². The maximum absolute atomic E-state index is 5.98. The van der Waals surface area contributed by atoms with Gasteiger partial charge in [0.25, 0.3) is 5.89 Å². The Kier molecular flexibility index (Phi) is 3.38. The summed E-state index contributed by atoms with van der Waals surface area (Å²) in [7, 11) is 0. The van der Waals surface area contributed by atoms with E-state index in [4.69, 9.17) is 14.0 Å². The molecule has 0 saturated heterocycles. The third-order valence-corrected chi connectivity index (χ3v) is 3.55. The van der Waals surface area contributed by atoms with Crippen molar-refractivity contribution in [2.75, 3.05) is 0 Å². The molecule has 118 valence electrons. The van der Waals surface area contributed by atoms with Gasteiger partial charge in [0.05, 0.1) is 0 Å². The Hall–Kier alpha value is -2.04. The van der Waals surface area contributed by atoms with E-state index in [9.17, 15) is 0 Å². The second kappa shape index (κ2) is 5.00. The van der Waals surface area contributed by atoms with Gasteiger partial charge in [-0.15, -0.1) is 0 Å². The summed E-state index contributed by atoms with van der Waals surface area (Å²) >= 11 is 0. The van der Waals surface area contributed by atoms with Crippen LogP contribution in [0.15, 0.2) is 22.7 Å². The van der Waals surface area contributed by atoms with E-state index in [-0.39, 0.29) is 17.6 Å². The number of hydrogen-bond acceptors (Lipinski definition) is 5. The van der Waals surface area contributed by atoms with E-state index >= 15 is 0 Å². The van der Waals surface area contributed by atoms with Gasteiger partial charge in [0.1, 0.15) is 5.60 Å². The van der Waals surface area contributed by atoms with Crippen molar-refractivity contribution in [2.24, 2.45) is 0 Å². The topological polar surface area (TPSA) is 57.4 Å². The molecule has 0 amide bonds. The van der Waals surface area contributed by atoms with E-state index in [0.29, 0.717) is 11.7 Å². The van der Waals surface area contributed by atoms with Crippen LogP contribution in [-0.2, 0) is 18.4 Å². The fourth-order valence-electron chi connectivity index (χ4n) is 2.46. The Morgan fingerprint density at radius 3 is 2.73 bits per heavy atom. The van der Waals surface area contributed by atoms with Crippen LogP contribution in [0.3, 0.4) is 0 Å². The summed E-state index contributed by atoms with van der Waals surface area (Å²) in [6, 6.07) is 5.95. The number of hydrogen-bond donors (Lipinski definition) is 0. The van der Waals surface area contributed by atoms with Crippen molar-refractivity contribution in [3.63, 3.8) is 0 Å². The number of benzene rings is 1. The van der Waals surface area contributed by atoms with Crippen LogP contribution in [0, 0.1) is 0 Å². The van der Waals surface area contributed by atoms with Crippen molar-refractivity contribution in [1.29, 1.82) is 0 Å². The minimum Gasteiger partial charge on any atom is -0.483 e. The number of rotatable bonds is 3. The SMILES string of the molecule is CC1(C)Cc2cccc(OCc3nc(C(C)(C)C)no3)c2O1. The predicted molar refractivity (Wildman–Crippen MR) is 82.2 cm³/mol. The molecule has 0 unspecified atom stereocenters. The molecule has 2 aromatic rings.